The summed E-state index contributed by atoms with van der Waals surface area (Å²) in [6, 6.07) is 54.2. The van der Waals surface area contributed by atoms with Gasteiger partial charge in [0.25, 0.3) is 0 Å². The predicted molar refractivity (Wildman–Crippen MR) is 174 cm³/mol. The number of hydrogen-bond donors (Lipinski definition) is 0. The Balaban J connectivity index is 1.31. The molecule has 0 aromatic heterocycles. The highest BCUT2D eigenvalue weighted by Gasteiger charge is 2.18. The predicted octanol–water partition coefficient (Wildman–Crippen LogP) is 10.1. The summed E-state index contributed by atoms with van der Waals surface area (Å²) in [5, 5.41) is 0. The number of carbonyl (C=O) groups excluding carboxylic acids is 1. The Morgan fingerprint density at radius 1 is 0.381 bits per heavy atom. The van der Waals surface area contributed by atoms with Crippen molar-refractivity contribution in [3.63, 3.8) is 0 Å². The Morgan fingerprint density at radius 2 is 0.690 bits per heavy atom. The highest BCUT2D eigenvalue weighted by atomic mass is 16.1. The van der Waals surface area contributed by atoms with Crippen molar-refractivity contribution in [3.05, 3.63) is 202 Å². The number of benzene rings is 6. The van der Waals surface area contributed by atoms with Gasteiger partial charge in [-0.1, -0.05) is 163 Å². The quantitative estimate of drug-likeness (QED) is 0.138. The van der Waals surface area contributed by atoms with Crippen molar-refractivity contribution in [2.45, 2.75) is 25.7 Å². The Morgan fingerprint density at radius 3 is 1.05 bits per heavy atom. The molecule has 42 heavy (non-hydrogen) atoms. The topological polar surface area (TPSA) is 17.1 Å². The standard InChI is InChI=1S/C41H34O/c1-29-8-14-35(15-9-29)40(34-6-4-3-5-7-34)38-24-20-32(21-25-38)33-22-26-39(27-23-33)41(36-16-10-30(2)11-17-36)37-18-12-31(28-42)13-19-37/h3-28,40-41H,1-2H3. The maximum atomic E-state index is 11.3. The van der Waals surface area contributed by atoms with Crippen LogP contribution in [0.2, 0.25) is 0 Å². The van der Waals surface area contributed by atoms with Crippen molar-refractivity contribution in [2.24, 2.45) is 0 Å². The van der Waals surface area contributed by atoms with Gasteiger partial charge in [-0.3, -0.25) is 4.79 Å². The van der Waals surface area contributed by atoms with Gasteiger partial charge in [0.05, 0.1) is 0 Å². The van der Waals surface area contributed by atoms with E-state index < -0.39 is 0 Å². The lowest BCUT2D eigenvalue weighted by atomic mass is 9.83. The third kappa shape index (κ3) is 5.87. The molecular weight excluding hydrogens is 508 g/mol. The van der Waals surface area contributed by atoms with Crippen LogP contribution in [0.3, 0.4) is 0 Å². The van der Waals surface area contributed by atoms with E-state index in [2.05, 4.69) is 153 Å². The van der Waals surface area contributed by atoms with Crippen LogP contribution in [0, 0.1) is 13.8 Å². The number of hydrogen-bond acceptors (Lipinski definition) is 1. The van der Waals surface area contributed by atoms with Crippen LogP contribution in [0.5, 0.6) is 0 Å². The van der Waals surface area contributed by atoms with Crippen LogP contribution < -0.4 is 0 Å². The van der Waals surface area contributed by atoms with Crippen LogP contribution in [0.15, 0.2) is 152 Å². The zero-order valence-corrected chi connectivity index (χ0v) is 24.1. The molecule has 2 atom stereocenters. The SMILES string of the molecule is Cc1ccc(C(c2ccccc2)c2ccc(-c3ccc(C(c4ccc(C)cc4)c4ccc(C=O)cc4)cc3)cc2)cc1. The van der Waals surface area contributed by atoms with E-state index in [4.69, 9.17) is 0 Å². The first kappa shape index (κ1) is 27.2. The molecule has 0 fully saturated rings. The van der Waals surface area contributed by atoms with Gasteiger partial charge in [0, 0.05) is 17.4 Å². The summed E-state index contributed by atoms with van der Waals surface area (Å²) in [6.45, 7) is 4.24. The molecule has 1 heteroatoms. The zero-order chi connectivity index (χ0) is 28.9. The minimum atomic E-state index is 0.0869. The lowest BCUT2D eigenvalue weighted by Crippen LogP contribution is -2.04. The summed E-state index contributed by atoms with van der Waals surface area (Å²) in [5.41, 5.74) is 13.1. The summed E-state index contributed by atoms with van der Waals surface area (Å²) < 4.78 is 0. The molecule has 0 radical (unpaired) electrons. The molecule has 0 heterocycles. The second kappa shape index (κ2) is 12.2. The molecule has 6 aromatic rings. The molecule has 0 amide bonds. The van der Waals surface area contributed by atoms with Crippen LogP contribution in [-0.2, 0) is 0 Å². The average molecular weight is 543 g/mol. The van der Waals surface area contributed by atoms with E-state index in [1.165, 1.54) is 55.6 Å². The van der Waals surface area contributed by atoms with Crippen LogP contribution in [0.4, 0.5) is 0 Å². The minimum absolute atomic E-state index is 0.0869. The number of carbonyl (C=O) groups is 1. The lowest BCUT2D eigenvalue weighted by molar-refractivity contribution is 0.112. The van der Waals surface area contributed by atoms with Gasteiger partial charge in [0.1, 0.15) is 6.29 Å². The zero-order valence-electron chi connectivity index (χ0n) is 24.1. The van der Waals surface area contributed by atoms with Gasteiger partial charge in [0.15, 0.2) is 0 Å². The van der Waals surface area contributed by atoms with Crippen LogP contribution >= 0.6 is 0 Å². The highest BCUT2D eigenvalue weighted by molar-refractivity contribution is 5.74. The third-order valence-corrected chi connectivity index (χ3v) is 8.18. The Labute approximate surface area is 249 Å². The molecule has 0 aliphatic carbocycles. The van der Waals surface area contributed by atoms with E-state index in [1.54, 1.807) is 0 Å². The van der Waals surface area contributed by atoms with Gasteiger partial charge in [-0.15, -0.1) is 0 Å². The lowest BCUT2D eigenvalue weighted by Gasteiger charge is -2.20. The van der Waals surface area contributed by atoms with Crippen LogP contribution in [0.1, 0.15) is 66.7 Å². The fourth-order valence-corrected chi connectivity index (χ4v) is 5.82. The second-order valence-electron chi connectivity index (χ2n) is 11.1. The van der Waals surface area contributed by atoms with Crippen molar-refractivity contribution in [2.75, 3.05) is 0 Å². The molecule has 0 spiro atoms. The fourth-order valence-electron chi connectivity index (χ4n) is 5.82. The van der Waals surface area contributed by atoms with Crippen LogP contribution in [-0.4, -0.2) is 6.29 Å². The molecule has 2 unspecified atom stereocenters. The van der Waals surface area contributed by atoms with Crippen molar-refractivity contribution < 1.29 is 4.79 Å². The molecule has 0 aliphatic heterocycles. The van der Waals surface area contributed by atoms with Gasteiger partial charge in [-0.05, 0) is 58.4 Å². The molecule has 1 nitrogen and oxygen atoms in total. The summed E-state index contributed by atoms with van der Waals surface area (Å²) in [6.07, 6.45) is 0.896. The maximum Gasteiger partial charge on any atom is 0.150 e. The monoisotopic (exact) mass is 542 g/mol. The summed E-state index contributed by atoms with van der Waals surface area (Å²) in [5.74, 6) is 0.271. The Bertz CT molecular complexity index is 1750. The molecule has 0 saturated carbocycles. The Hall–Kier alpha value is -5.01. The van der Waals surface area contributed by atoms with Gasteiger partial charge in [-0.25, -0.2) is 0 Å². The normalized spacial score (nSPS) is 12.4. The molecule has 0 aliphatic rings. The molecule has 0 bridgehead atoms. The smallest absolute Gasteiger partial charge is 0.150 e. The molecule has 6 aromatic carbocycles. The number of aldehydes is 1. The van der Waals surface area contributed by atoms with Gasteiger partial charge in [-0.2, -0.15) is 0 Å². The summed E-state index contributed by atoms with van der Waals surface area (Å²) >= 11 is 0. The maximum absolute atomic E-state index is 11.3. The van der Waals surface area contributed by atoms with E-state index >= 15 is 0 Å². The average Bonchev–Trinajstić information content (AvgIpc) is 3.05. The van der Waals surface area contributed by atoms with Crippen LogP contribution in [0.25, 0.3) is 11.1 Å². The molecule has 6 rings (SSSR count). The number of rotatable bonds is 8. The van der Waals surface area contributed by atoms with Crippen molar-refractivity contribution in [1.29, 1.82) is 0 Å². The number of aryl methyl sites for hydroxylation is 2. The van der Waals surface area contributed by atoms with Gasteiger partial charge < -0.3 is 0 Å². The summed E-state index contributed by atoms with van der Waals surface area (Å²) in [7, 11) is 0. The van der Waals surface area contributed by atoms with Crippen molar-refractivity contribution >= 4 is 6.29 Å². The van der Waals surface area contributed by atoms with Crippen molar-refractivity contribution in [3.8, 4) is 11.1 Å². The van der Waals surface area contributed by atoms with E-state index in [0.29, 0.717) is 5.56 Å². The first-order valence-corrected chi connectivity index (χ1v) is 14.5. The fraction of sp³-hybridized carbons (Fsp3) is 0.0976. The van der Waals surface area contributed by atoms with E-state index in [9.17, 15) is 4.79 Å². The van der Waals surface area contributed by atoms with E-state index in [1.807, 2.05) is 12.1 Å². The largest absolute Gasteiger partial charge is 0.298 e. The third-order valence-electron chi connectivity index (χ3n) is 8.18. The van der Waals surface area contributed by atoms with Crippen molar-refractivity contribution in [1.82, 2.24) is 0 Å². The molecule has 204 valence electrons. The van der Waals surface area contributed by atoms with E-state index in [-0.39, 0.29) is 11.8 Å². The second-order valence-corrected chi connectivity index (χ2v) is 11.1. The summed E-state index contributed by atoms with van der Waals surface area (Å²) in [4.78, 5) is 11.3. The first-order chi connectivity index (χ1) is 20.6. The van der Waals surface area contributed by atoms with Gasteiger partial charge in [0.2, 0.25) is 0 Å². The minimum Gasteiger partial charge on any atom is -0.298 e. The Kier molecular flexibility index (Phi) is 7.92. The van der Waals surface area contributed by atoms with Gasteiger partial charge >= 0.3 is 0 Å². The highest BCUT2D eigenvalue weighted by Crippen LogP contribution is 2.36. The molecule has 0 saturated heterocycles. The molecular formula is C41H34O. The first-order valence-electron chi connectivity index (χ1n) is 14.5. The molecule has 0 N–H and O–H groups in total. The van der Waals surface area contributed by atoms with E-state index in [0.717, 1.165) is 6.29 Å².